The first-order chi connectivity index (χ1) is 7.18. The molecule has 0 amide bonds. The first-order valence-electron chi connectivity index (χ1n) is 4.23. The van der Waals surface area contributed by atoms with Crippen LogP contribution >= 0.6 is 0 Å². The van der Waals surface area contributed by atoms with Gasteiger partial charge in [-0.25, -0.2) is 14.8 Å². The van der Waals surface area contributed by atoms with Crippen LogP contribution < -0.4 is 0 Å². The molecule has 1 N–H and O–H groups in total. The number of aromatic nitrogens is 4. The van der Waals surface area contributed by atoms with Gasteiger partial charge >= 0.3 is 5.97 Å². The smallest absolute Gasteiger partial charge is 0.354 e. The van der Waals surface area contributed by atoms with Crippen LogP contribution in [0.1, 0.15) is 10.5 Å². The molecule has 76 valence electrons. The molecule has 2 rings (SSSR count). The van der Waals surface area contributed by atoms with Crippen molar-refractivity contribution in [1.82, 2.24) is 19.7 Å². The van der Waals surface area contributed by atoms with Gasteiger partial charge in [0.1, 0.15) is 5.69 Å². The van der Waals surface area contributed by atoms with Gasteiger partial charge in [0.2, 0.25) is 0 Å². The minimum Gasteiger partial charge on any atom is -0.477 e. The standard InChI is InChI=1S/C9H8N4O2/c1-13-7(3-5-11-13)8-10-4-2-6(12-8)9(14)15/h2-5H,1H3,(H,14,15). The number of carbonyl (C=O) groups is 1. The van der Waals surface area contributed by atoms with Crippen molar-refractivity contribution in [3.05, 3.63) is 30.2 Å². The Hall–Kier alpha value is -2.24. The lowest BCUT2D eigenvalue weighted by atomic mass is 10.3. The van der Waals surface area contributed by atoms with Gasteiger partial charge in [-0.3, -0.25) is 4.68 Å². The molecule has 0 saturated carbocycles. The summed E-state index contributed by atoms with van der Waals surface area (Å²) in [5.74, 6) is -0.712. The van der Waals surface area contributed by atoms with Crippen molar-refractivity contribution in [3.63, 3.8) is 0 Å². The molecule has 0 unspecified atom stereocenters. The van der Waals surface area contributed by atoms with Crippen molar-refractivity contribution in [3.8, 4) is 11.5 Å². The molecule has 15 heavy (non-hydrogen) atoms. The fourth-order valence-electron chi connectivity index (χ4n) is 1.19. The molecule has 0 aliphatic rings. The zero-order valence-electron chi connectivity index (χ0n) is 7.95. The Bertz CT molecular complexity index is 506. The number of aryl methyl sites for hydroxylation is 1. The van der Waals surface area contributed by atoms with E-state index in [1.165, 1.54) is 12.3 Å². The summed E-state index contributed by atoms with van der Waals surface area (Å²) in [6, 6.07) is 3.07. The molecule has 6 heteroatoms. The maximum absolute atomic E-state index is 10.7. The monoisotopic (exact) mass is 204 g/mol. The minimum atomic E-state index is -1.07. The summed E-state index contributed by atoms with van der Waals surface area (Å²) in [6.45, 7) is 0. The van der Waals surface area contributed by atoms with E-state index in [9.17, 15) is 4.79 Å². The van der Waals surface area contributed by atoms with Gasteiger partial charge in [0.15, 0.2) is 11.5 Å². The fourth-order valence-corrected chi connectivity index (χ4v) is 1.19. The molecule has 0 aliphatic heterocycles. The van der Waals surface area contributed by atoms with E-state index in [1.54, 1.807) is 24.0 Å². The van der Waals surface area contributed by atoms with Gasteiger partial charge in [-0.2, -0.15) is 5.10 Å². The molecule has 2 aromatic rings. The number of hydrogen-bond acceptors (Lipinski definition) is 4. The van der Waals surface area contributed by atoms with Crippen LogP contribution in [0, 0.1) is 0 Å². The molecule has 2 heterocycles. The van der Waals surface area contributed by atoms with Crippen LogP contribution in [0.25, 0.3) is 11.5 Å². The van der Waals surface area contributed by atoms with E-state index < -0.39 is 5.97 Å². The summed E-state index contributed by atoms with van der Waals surface area (Å²) in [7, 11) is 1.74. The first-order valence-corrected chi connectivity index (χ1v) is 4.23. The highest BCUT2D eigenvalue weighted by Crippen LogP contribution is 2.12. The summed E-state index contributed by atoms with van der Waals surface area (Å²) in [5.41, 5.74) is 0.652. The van der Waals surface area contributed by atoms with Crippen LogP contribution in [-0.4, -0.2) is 30.8 Å². The number of carboxylic acid groups (broad SMARTS) is 1. The van der Waals surface area contributed by atoms with Gasteiger partial charge in [-0.15, -0.1) is 0 Å². The van der Waals surface area contributed by atoms with Crippen LogP contribution in [0.3, 0.4) is 0 Å². The second-order valence-corrected chi connectivity index (χ2v) is 2.91. The number of rotatable bonds is 2. The zero-order chi connectivity index (χ0) is 10.8. The van der Waals surface area contributed by atoms with Crippen molar-refractivity contribution < 1.29 is 9.90 Å². The second-order valence-electron chi connectivity index (χ2n) is 2.91. The van der Waals surface area contributed by atoms with Crippen LogP contribution in [0.5, 0.6) is 0 Å². The largest absolute Gasteiger partial charge is 0.477 e. The number of carboxylic acids is 1. The molecular weight excluding hydrogens is 196 g/mol. The van der Waals surface area contributed by atoms with Crippen molar-refractivity contribution >= 4 is 5.97 Å². The molecule has 0 aromatic carbocycles. The van der Waals surface area contributed by atoms with Gasteiger partial charge in [0, 0.05) is 19.4 Å². The molecule has 0 saturated heterocycles. The van der Waals surface area contributed by atoms with Crippen molar-refractivity contribution in [2.45, 2.75) is 0 Å². The average molecular weight is 204 g/mol. The molecular formula is C9H8N4O2. The topological polar surface area (TPSA) is 80.9 Å². The lowest BCUT2D eigenvalue weighted by molar-refractivity contribution is 0.0690. The van der Waals surface area contributed by atoms with E-state index in [-0.39, 0.29) is 5.69 Å². The number of hydrogen-bond donors (Lipinski definition) is 1. The summed E-state index contributed by atoms with van der Waals surface area (Å²) in [5, 5.41) is 12.7. The summed E-state index contributed by atoms with van der Waals surface area (Å²) in [6.07, 6.45) is 3.02. The van der Waals surface area contributed by atoms with Crippen LogP contribution in [0.15, 0.2) is 24.5 Å². The van der Waals surface area contributed by atoms with E-state index in [2.05, 4.69) is 15.1 Å². The Morgan fingerprint density at radius 3 is 2.80 bits per heavy atom. The van der Waals surface area contributed by atoms with Gasteiger partial charge in [-0.05, 0) is 12.1 Å². The van der Waals surface area contributed by atoms with E-state index in [4.69, 9.17) is 5.11 Å². The van der Waals surface area contributed by atoms with E-state index in [0.717, 1.165) is 0 Å². The molecule has 2 aromatic heterocycles. The predicted octanol–water partition coefficient (Wildman–Crippen LogP) is 0.575. The third kappa shape index (κ3) is 1.69. The molecule has 0 atom stereocenters. The van der Waals surface area contributed by atoms with E-state index in [1.807, 2.05) is 0 Å². The lowest BCUT2D eigenvalue weighted by Gasteiger charge is -2.00. The Morgan fingerprint density at radius 2 is 2.20 bits per heavy atom. The Balaban J connectivity index is 2.50. The van der Waals surface area contributed by atoms with Crippen LogP contribution in [-0.2, 0) is 7.05 Å². The SMILES string of the molecule is Cn1nccc1-c1nccc(C(=O)O)n1. The van der Waals surface area contributed by atoms with Crippen molar-refractivity contribution in [2.75, 3.05) is 0 Å². The van der Waals surface area contributed by atoms with Gasteiger partial charge < -0.3 is 5.11 Å². The normalized spacial score (nSPS) is 10.2. The molecule has 0 spiro atoms. The Morgan fingerprint density at radius 1 is 1.40 bits per heavy atom. The van der Waals surface area contributed by atoms with Crippen molar-refractivity contribution in [2.24, 2.45) is 7.05 Å². The Labute approximate surface area is 85.2 Å². The van der Waals surface area contributed by atoms with Gasteiger partial charge in [0.05, 0.1) is 0 Å². The lowest BCUT2D eigenvalue weighted by Crippen LogP contribution is -2.04. The molecule has 0 radical (unpaired) electrons. The zero-order valence-corrected chi connectivity index (χ0v) is 7.95. The Kier molecular flexibility index (Phi) is 2.17. The number of nitrogens with zero attached hydrogens (tertiary/aromatic N) is 4. The van der Waals surface area contributed by atoms with E-state index >= 15 is 0 Å². The van der Waals surface area contributed by atoms with Crippen LogP contribution in [0.2, 0.25) is 0 Å². The molecule has 0 fully saturated rings. The summed E-state index contributed by atoms with van der Waals surface area (Å²) >= 11 is 0. The van der Waals surface area contributed by atoms with E-state index in [0.29, 0.717) is 11.5 Å². The van der Waals surface area contributed by atoms with Crippen molar-refractivity contribution in [1.29, 1.82) is 0 Å². The highest BCUT2D eigenvalue weighted by molar-refractivity contribution is 5.85. The summed E-state index contributed by atoms with van der Waals surface area (Å²) < 4.78 is 1.58. The molecule has 6 nitrogen and oxygen atoms in total. The third-order valence-electron chi connectivity index (χ3n) is 1.92. The van der Waals surface area contributed by atoms with Gasteiger partial charge in [0.25, 0.3) is 0 Å². The van der Waals surface area contributed by atoms with Crippen LogP contribution in [0.4, 0.5) is 0 Å². The quantitative estimate of drug-likeness (QED) is 0.773. The van der Waals surface area contributed by atoms with Gasteiger partial charge in [-0.1, -0.05) is 0 Å². The molecule has 0 aliphatic carbocycles. The summed E-state index contributed by atoms with van der Waals surface area (Å²) in [4.78, 5) is 18.6. The number of aromatic carboxylic acids is 1. The minimum absolute atomic E-state index is 0.0267. The average Bonchev–Trinajstić information content (AvgIpc) is 2.64. The third-order valence-corrected chi connectivity index (χ3v) is 1.92. The molecule has 0 bridgehead atoms. The maximum Gasteiger partial charge on any atom is 0.354 e. The predicted molar refractivity (Wildman–Crippen MR) is 51.2 cm³/mol. The fraction of sp³-hybridized carbons (Fsp3) is 0.111. The highest BCUT2D eigenvalue weighted by Gasteiger charge is 2.09. The highest BCUT2D eigenvalue weighted by atomic mass is 16.4. The first kappa shape index (κ1) is 9.32. The maximum atomic E-state index is 10.7. The second kappa shape index (κ2) is 3.49.